The van der Waals surface area contributed by atoms with Gasteiger partial charge in [0.2, 0.25) is 0 Å². The molecule has 0 fully saturated rings. The lowest BCUT2D eigenvalue weighted by atomic mass is 10.2. The van der Waals surface area contributed by atoms with Crippen molar-refractivity contribution in [2.75, 3.05) is 19.3 Å². The highest BCUT2D eigenvalue weighted by atomic mass is 32.2. The lowest BCUT2D eigenvalue weighted by Crippen LogP contribution is -2.31. The van der Waals surface area contributed by atoms with Crippen LogP contribution in [0.4, 0.5) is 0 Å². The molecule has 1 aromatic rings. The van der Waals surface area contributed by atoms with Crippen LogP contribution in [0.5, 0.6) is 0 Å². The van der Waals surface area contributed by atoms with Gasteiger partial charge in [-0.2, -0.15) is 0 Å². The third-order valence-electron chi connectivity index (χ3n) is 2.56. The highest BCUT2D eigenvalue weighted by molar-refractivity contribution is 7.91. The summed E-state index contributed by atoms with van der Waals surface area (Å²) in [5.74, 6) is -1.59. The summed E-state index contributed by atoms with van der Waals surface area (Å²) in [5.41, 5.74) is 0.249. The number of carboxylic acid groups (broad SMARTS) is 1. The molecule has 0 atom stereocenters. The van der Waals surface area contributed by atoms with Crippen molar-refractivity contribution in [1.29, 1.82) is 0 Å². The number of hydrogen-bond donors (Lipinski definition) is 1. The smallest absolute Gasteiger partial charge is 0.323 e. The number of carbonyl (C=O) groups excluding carboxylic acids is 1. The average molecular weight is 285 g/mol. The highest BCUT2D eigenvalue weighted by Crippen LogP contribution is 2.13. The van der Waals surface area contributed by atoms with E-state index in [4.69, 9.17) is 5.11 Å². The molecule has 0 saturated carbocycles. The van der Waals surface area contributed by atoms with Crippen LogP contribution >= 0.6 is 0 Å². The van der Waals surface area contributed by atoms with E-state index in [1.807, 2.05) is 0 Å². The molecule has 19 heavy (non-hydrogen) atoms. The van der Waals surface area contributed by atoms with Crippen molar-refractivity contribution in [3.05, 3.63) is 29.8 Å². The Labute approximate surface area is 111 Å². The predicted molar refractivity (Wildman–Crippen MR) is 68.8 cm³/mol. The Bertz CT molecular complexity index is 577. The summed E-state index contributed by atoms with van der Waals surface area (Å²) in [6, 6.07) is 5.45. The molecular weight excluding hydrogens is 270 g/mol. The molecule has 0 bridgehead atoms. The van der Waals surface area contributed by atoms with Crippen molar-refractivity contribution >= 4 is 21.7 Å². The van der Waals surface area contributed by atoms with Gasteiger partial charge in [-0.15, -0.1) is 0 Å². The van der Waals surface area contributed by atoms with Gasteiger partial charge in [-0.25, -0.2) is 8.42 Å². The minimum Gasteiger partial charge on any atom is -0.480 e. The molecular formula is C12H15NO5S. The van der Waals surface area contributed by atoms with Gasteiger partial charge < -0.3 is 10.0 Å². The molecule has 6 nitrogen and oxygen atoms in total. The Kier molecular flexibility index (Phi) is 4.66. The third-order valence-corrected chi connectivity index (χ3v) is 4.31. The van der Waals surface area contributed by atoms with Crippen LogP contribution in [0.25, 0.3) is 0 Å². The summed E-state index contributed by atoms with van der Waals surface area (Å²) in [5, 5.41) is 8.59. The molecule has 1 N–H and O–H groups in total. The number of amides is 1. The van der Waals surface area contributed by atoms with Crippen LogP contribution in [0.2, 0.25) is 0 Å². The molecule has 104 valence electrons. The fourth-order valence-corrected chi connectivity index (χ4v) is 2.35. The molecule has 0 heterocycles. The van der Waals surface area contributed by atoms with Gasteiger partial charge in [0.25, 0.3) is 5.91 Å². The van der Waals surface area contributed by atoms with Crippen molar-refractivity contribution in [2.45, 2.75) is 11.8 Å². The first-order valence-electron chi connectivity index (χ1n) is 5.58. The van der Waals surface area contributed by atoms with E-state index in [2.05, 4.69) is 0 Å². The van der Waals surface area contributed by atoms with E-state index in [-0.39, 0.29) is 16.2 Å². The second-order valence-electron chi connectivity index (χ2n) is 3.98. The van der Waals surface area contributed by atoms with E-state index in [0.717, 1.165) is 4.90 Å². The quantitative estimate of drug-likeness (QED) is 0.857. The van der Waals surface area contributed by atoms with Crippen molar-refractivity contribution < 1.29 is 23.1 Å². The first kappa shape index (κ1) is 15.2. The fourth-order valence-electron chi connectivity index (χ4n) is 1.47. The summed E-state index contributed by atoms with van der Waals surface area (Å²) in [4.78, 5) is 23.5. The molecule has 7 heteroatoms. The molecule has 0 radical (unpaired) electrons. The van der Waals surface area contributed by atoms with Crippen LogP contribution in [0, 0.1) is 0 Å². The first-order chi connectivity index (χ1) is 8.77. The number of benzene rings is 1. The Morgan fingerprint density at radius 3 is 2.16 bits per heavy atom. The SMILES string of the molecule is CCS(=O)(=O)c1ccc(C(=O)N(C)CC(=O)O)cc1. The second-order valence-corrected chi connectivity index (χ2v) is 6.26. The van der Waals surface area contributed by atoms with Crippen molar-refractivity contribution in [3.63, 3.8) is 0 Å². The van der Waals surface area contributed by atoms with Gasteiger partial charge in [-0.1, -0.05) is 6.92 Å². The Morgan fingerprint density at radius 2 is 1.74 bits per heavy atom. The van der Waals surface area contributed by atoms with Gasteiger partial charge in [0.05, 0.1) is 10.6 Å². The van der Waals surface area contributed by atoms with Crippen LogP contribution in [-0.4, -0.2) is 49.6 Å². The monoisotopic (exact) mass is 285 g/mol. The van der Waals surface area contributed by atoms with Crippen LogP contribution in [-0.2, 0) is 14.6 Å². The number of likely N-dealkylation sites (N-methyl/N-ethyl adjacent to an activating group) is 1. The predicted octanol–water partition coefficient (Wildman–Crippen LogP) is 0.637. The summed E-state index contributed by atoms with van der Waals surface area (Å²) in [7, 11) is -1.93. The van der Waals surface area contributed by atoms with Crippen molar-refractivity contribution in [2.24, 2.45) is 0 Å². The van der Waals surface area contributed by atoms with E-state index in [9.17, 15) is 18.0 Å². The van der Waals surface area contributed by atoms with E-state index in [0.29, 0.717) is 0 Å². The van der Waals surface area contributed by atoms with Crippen LogP contribution in [0.15, 0.2) is 29.2 Å². The molecule has 0 unspecified atom stereocenters. The fraction of sp³-hybridized carbons (Fsp3) is 0.333. The number of carbonyl (C=O) groups is 2. The normalized spacial score (nSPS) is 11.1. The van der Waals surface area contributed by atoms with Gasteiger partial charge in [0, 0.05) is 12.6 Å². The zero-order valence-corrected chi connectivity index (χ0v) is 11.5. The van der Waals surface area contributed by atoms with Gasteiger partial charge >= 0.3 is 5.97 Å². The number of rotatable bonds is 5. The summed E-state index contributed by atoms with van der Waals surface area (Å²) in [6.45, 7) is 1.13. The molecule has 0 spiro atoms. The average Bonchev–Trinajstić information content (AvgIpc) is 2.37. The van der Waals surface area contributed by atoms with Crippen LogP contribution in [0.1, 0.15) is 17.3 Å². The maximum atomic E-state index is 11.8. The zero-order valence-electron chi connectivity index (χ0n) is 10.7. The van der Waals surface area contributed by atoms with Gasteiger partial charge in [0.15, 0.2) is 9.84 Å². The van der Waals surface area contributed by atoms with E-state index < -0.39 is 28.3 Å². The minimum atomic E-state index is -3.30. The largest absolute Gasteiger partial charge is 0.480 e. The lowest BCUT2D eigenvalue weighted by Gasteiger charge is -2.14. The summed E-state index contributed by atoms with van der Waals surface area (Å²) < 4.78 is 23.2. The third kappa shape index (κ3) is 3.78. The second kappa shape index (κ2) is 5.83. The molecule has 1 aromatic carbocycles. The Hall–Kier alpha value is -1.89. The molecule has 1 rings (SSSR count). The van der Waals surface area contributed by atoms with Gasteiger partial charge in [-0.05, 0) is 24.3 Å². The van der Waals surface area contributed by atoms with Gasteiger partial charge in [0.1, 0.15) is 6.54 Å². The number of nitrogens with zero attached hydrogens (tertiary/aromatic N) is 1. The number of hydrogen-bond acceptors (Lipinski definition) is 4. The minimum absolute atomic E-state index is 0.0147. The molecule has 0 aliphatic heterocycles. The number of sulfone groups is 1. The lowest BCUT2D eigenvalue weighted by molar-refractivity contribution is -0.137. The summed E-state index contributed by atoms with van der Waals surface area (Å²) in [6.07, 6.45) is 0. The number of carboxylic acids is 1. The zero-order chi connectivity index (χ0) is 14.6. The van der Waals surface area contributed by atoms with E-state index in [1.54, 1.807) is 0 Å². The van der Waals surface area contributed by atoms with E-state index >= 15 is 0 Å². The van der Waals surface area contributed by atoms with Crippen LogP contribution < -0.4 is 0 Å². The molecule has 0 saturated heterocycles. The Balaban J connectivity index is 2.94. The number of aliphatic carboxylic acids is 1. The van der Waals surface area contributed by atoms with Crippen molar-refractivity contribution in [1.82, 2.24) is 4.90 Å². The van der Waals surface area contributed by atoms with Gasteiger partial charge in [-0.3, -0.25) is 9.59 Å². The maximum Gasteiger partial charge on any atom is 0.323 e. The topological polar surface area (TPSA) is 91.8 Å². The molecule has 0 aliphatic rings. The maximum absolute atomic E-state index is 11.8. The van der Waals surface area contributed by atoms with E-state index in [1.165, 1.54) is 38.2 Å². The molecule has 0 aliphatic carbocycles. The standard InChI is InChI=1S/C12H15NO5S/c1-3-19(17,18)10-6-4-9(5-7-10)12(16)13(2)8-11(14)15/h4-7H,3,8H2,1-2H3,(H,14,15). The summed E-state index contributed by atoms with van der Waals surface area (Å²) >= 11 is 0. The van der Waals surface area contributed by atoms with Crippen molar-refractivity contribution in [3.8, 4) is 0 Å². The first-order valence-corrected chi connectivity index (χ1v) is 7.23. The Morgan fingerprint density at radius 1 is 1.21 bits per heavy atom. The molecule has 0 aromatic heterocycles. The van der Waals surface area contributed by atoms with Crippen LogP contribution in [0.3, 0.4) is 0 Å². The highest BCUT2D eigenvalue weighted by Gasteiger charge is 2.16. The molecule has 1 amide bonds.